The summed E-state index contributed by atoms with van der Waals surface area (Å²) in [6, 6.07) is 0.403. The highest BCUT2D eigenvalue weighted by molar-refractivity contribution is 5.01. The van der Waals surface area contributed by atoms with Crippen LogP contribution in [0, 0.1) is 0 Å². The molecule has 1 N–H and O–H groups in total. The first kappa shape index (κ1) is 11.1. The third-order valence-corrected chi connectivity index (χ3v) is 3.54. The zero-order valence-electron chi connectivity index (χ0n) is 9.16. The molecule has 0 bridgehead atoms. The molecule has 1 fully saturated rings. The van der Waals surface area contributed by atoms with Crippen LogP contribution in [0.4, 0.5) is 4.39 Å². The lowest BCUT2D eigenvalue weighted by Gasteiger charge is -2.40. The van der Waals surface area contributed by atoms with Crippen LogP contribution in [0.2, 0.25) is 0 Å². The highest BCUT2D eigenvalue weighted by atomic mass is 19.1. The molecule has 0 amide bonds. The van der Waals surface area contributed by atoms with Gasteiger partial charge in [0.15, 0.2) is 0 Å². The van der Waals surface area contributed by atoms with Gasteiger partial charge in [-0.25, -0.2) is 4.39 Å². The Bertz CT molecular complexity index is 244. The molecule has 15 heavy (non-hydrogen) atoms. The predicted octanol–water partition coefficient (Wildman–Crippen LogP) is 1.89. The van der Waals surface area contributed by atoms with Gasteiger partial charge in [0.25, 0.3) is 0 Å². The largest absolute Gasteiger partial charge is 0.393 e. The molecule has 0 unspecified atom stereocenters. The summed E-state index contributed by atoms with van der Waals surface area (Å²) in [6.07, 6.45) is 9.27. The maximum Gasteiger partial charge on any atom is 0.146 e. The van der Waals surface area contributed by atoms with E-state index in [0.717, 1.165) is 25.8 Å². The van der Waals surface area contributed by atoms with Gasteiger partial charge < -0.3 is 5.11 Å². The van der Waals surface area contributed by atoms with E-state index in [0.29, 0.717) is 19.0 Å². The number of likely N-dealkylation sites (tertiary alicyclic amines) is 1. The van der Waals surface area contributed by atoms with E-state index in [9.17, 15) is 4.39 Å². The summed E-state index contributed by atoms with van der Waals surface area (Å²) < 4.78 is 14.0. The van der Waals surface area contributed by atoms with Crippen LogP contribution in [0.5, 0.6) is 0 Å². The summed E-state index contributed by atoms with van der Waals surface area (Å²) in [5.74, 6) is 0. The topological polar surface area (TPSA) is 23.5 Å². The second-order valence-electron chi connectivity index (χ2n) is 4.81. The van der Waals surface area contributed by atoms with Gasteiger partial charge in [0, 0.05) is 12.6 Å². The van der Waals surface area contributed by atoms with Crippen molar-refractivity contribution < 1.29 is 9.50 Å². The van der Waals surface area contributed by atoms with Crippen molar-refractivity contribution in [2.24, 2.45) is 0 Å². The lowest BCUT2D eigenvalue weighted by atomic mass is 9.92. The third kappa shape index (κ3) is 2.58. The third-order valence-electron chi connectivity index (χ3n) is 3.54. The van der Waals surface area contributed by atoms with E-state index in [1.807, 2.05) is 0 Å². The number of alkyl halides is 1. The molecule has 86 valence electrons. The maximum absolute atomic E-state index is 14.0. The molecular weight excluding hydrogens is 193 g/mol. The van der Waals surface area contributed by atoms with Crippen molar-refractivity contribution in [2.45, 2.75) is 43.8 Å². The van der Waals surface area contributed by atoms with E-state index >= 15 is 0 Å². The smallest absolute Gasteiger partial charge is 0.146 e. The molecule has 1 aliphatic carbocycles. The van der Waals surface area contributed by atoms with E-state index < -0.39 is 5.67 Å². The summed E-state index contributed by atoms with van der Waals surface area (Å²) in [6.45, 7) is 1.04. The number of hydrogen-bond donors (Lipinski definition) is 1. The maximum atomic E-state index is 14.0. The second-order valence-corrected chi connectivity index (χ2v) is 4.81. The van der Waals surface area contributed by atoms with Crippen molar-refractivity contribution in [1.29, 1.82) is 0 Å². The van der Waals surface area contributed by atoms with Gasteiger partial charge in [-0.15, -0.1) is 0 Å². The first-order chi connectivity index (χ1) is 7.23. The Morgan fingerprint density at radius 3 is 3.00 bits per heavy atom. The van der Waals surface area contributed by atoms with E-state index in [2.05, 4.69) is 17.1 Å². The first-order valence-electron chi connectivity index (χ1n) is 5.94. The fourth-order valence-corrected chi connectivity index (χ4v) is 2.63. The van der Waals surface area contributed by atoms with E-state index in [-0.39, 0.29) is 6.61 Å². The number of rotatable bonds is 2. The summed E-state index contributed by atoms with van der Waals surface area (Å²) in [5.41, 5.74) is -1.36. The lowest BCUT2D eigenvalue weighted by Crippen LogP contribution is -2.51. The van der Waals surface area contributed by atoms with Crippen molar-refractivity contribution in [3.63, 3.8) is 0 Å². The Morgan fingerprint density at radius 1 is 1.47 bits per heavy atom. The molecule has 1 aliphatic heterocycles. The van der Waals surface area contributed by atoms with E-state index in [1.54, 1.807) is 0 Å². The minimum atomic E-state index is -1.36. The van der Waals surface area contributed by atoms with Crippen LogP contribution in [-0.2, 0) is 0 Å². The molecule has 0 aromatic rings. The van der Waals surface area contributed by atoms with Crippen LogP contribution >= 0.6 is 0 Å². The molecule has 2 aliphatic rings. The molecule has 2 rings (SSSR count). The summed E-state index contributed by atoms with van der Waals surface area (Å²) >= 11 is 0. The molecule has 3 heteroatoms. The second kappa shape index (κ2) is 4.62. The number of halogens is 1. The SMILES string of the molecule is OC[C@@]1(F)CCCN([C@H]2C=CCCC2)C1. The molecule has 2 atom stereocenters. The van der Waals surface area contributed by atoms with Gasteiger partial charge in [-0.05, 0) is 38.6 Å². The molecule has 0 radical (unpaired) electrons. The number of aliphatic hydroxyl groups is 1. The zero-order valence-corrected chi connectivity index (χ0v) is 9.16. The zero-order chi connectivity index (χ0) is 10.7. The molecule has 0 spiro atoms. The Hall–Kier alpha value is -0.410. The Kier molecular flexibility index (Phi) is 3.42. The molecule has 2 nitrogen and oxygen atoms in total. The average Bonchev–Trinajstić information content (AvgIpc) is 2.30. The van der Waals surface area contributed by atoms with Crippen LogP contribution in [0.15, 0.2) is 12.2 Å². The summed E-state index contributed by atoms with van der Waals surface area (Å²) in [7, 11) is 0. The average molecular weight is 213 g/mol. The van der Waals surface area contributed by atoms with Gasteiger partial charge in [0.05, 0.1) is 6.61 Å². The number of aliphatic hydroxyl groups excluding tert-OH is 1. The summed E-state index contributed by atoms with van der Waals surface area (Å²) in [5, 5.41) is 9.05. The van der Waals surface area contributed by atoms with Gasteiger partial charge in [-0.1, -0.05) is 12.2 Å². The van der Waals surface area contributed by atoms with Crippen molar-refractivity contribution in [2.75, 3.05) is 19.7 Å². The minimum absolute atomic E-state index is 0.333. The Labute approximate surface area is 90.8 Å². The van der Waals surface area contributed by atoms with Crippen LogP contribution < -0.4 is 0 Å². The van der Waals surface area contributed by atoms with Gasteiger partial charge in [0.2, 0.25) is 0 Å². The molecule has 0 aromatic heterocycles. The highest BCUT2D eigenvalue weighted by Gasteiger charge is 2.36. The molecular formula is C12H20FNO. The van der Waals surface area contributed by atoms with Crippen molar-refractivity contribution >= 4 is 0 Å². The van der Waals surface area contributed by atoms with E-state index in [1.165, 1.54) is 6.42 Å². The fourth-order valence-electron chi connectivity index (χ4n) is 2.63. The molecule has 0 saturated carbocycles. The van der Waals surface area contributed by atoms with Gasteiger partial charge in [-0.2, -0.15) is 0 Å². The van der Waals surface area contributed by atoms with Crippen molar-refractivity contribution in [3.05, 3.63) is 12.2 Å². The lowest BCUT2D eigenvalue weighted by molar-refractivity contribution is -0.0114. The fraction of sp³-hybridized carbons (Fsp3) is 0.833. The van der Waals surface area contributed by atoms with Crippen LogP contribution in [0.3, 0.4) is 0 Å². The molecule has 0 aromatic carbocycles. The quantitative estimate of drug-likeness (QED) is 0.708. The molecule has 1 heterocycles. The predicted molar refractivity (Wildman–Crippen MR) is 58.5 cm³/mol. The Morgan fingerprint density at radius 2 is 2.33 bits per heavy atom. The van der Waals surface area contributed by atoms with Gasteiger partial charge >= 0.3 is 0 Å². The van der Waals surface area contributed by atoms with Crippen LogP contribution in [0.1, 0.15) is 32.1 Å². The van der Waals surface area contributed by atoms with E-state index in [4.69, 9.17) is 5.11 Å². The minimum Gasteiger partial charge on any atom is -0.393 e. The van der Waals surface area contributed by atoms with Crippen LogP contribution in [-0.4, -0.2) is 41.4 Å². The number of nitrogens with zero attached hydrogens (tertiary/aromatic N) is 1. The van der Waals surface area contributed by atoms with Crippen molar-refractivity contribution in [3.8, 4) is 0 Å². The number of piperidine rings is 1. The monoisotopic (exact) mass is 213 g/mol. The van der Waals surface area contributed by atoms with Crippen LogP contribution in [0.25, 0.3) is 0 Å². The van der Waals surface area contributed by atoms with Crippen molar-refractivity contribution in [1.82, 2.24) is 4.90 Å². The number of allylic oxidation sites excluding steroid dienone is 1. The number of hydrogen-bond acceptors (Lipinski definition) is 2. The summed E-state index contributed by atoms with van der Waals surface area (Å²) in [4.78, 5) is 2.19. The highest BCUT2D eigenvalue weighted by Crippen LogP contribution is 2.28. The molecule has 1 saturated heterocycles. The van der Waals surface area contributed by atoms with Gasteiger partial charge in [-0.3, -0.25) is 4.90 Å². The normalized spacial score (nSPS) is 38.1. The Balaban J connectivity index is 1.97. The standard InChI is InChI=1S/C12H20FNO/c13-12(10-15)7-4-8-14(9-12)11-5-2-1-3-6-11/h2,5,11,15H,1,3-4,6-10H2/t11-,12+/m0/s1. The first-order valence-corrected chi connectivity index (χ1v) is 5.94. The van der Waals surface area contributed by atoms with Gasteiger partial charge in [0.1, 0.15) is 5.67 Å².